The normalized spacial score (nSPS) is 12.8. The van der Waals surface area contributed by atoms with Crippen LogP contribution in [-0.2, 0) is 6.54 Å². The lowest BCUT2D eigenvalue weighted by atomic mass is 10.2. The van der Waals surface area contributed by atoms with Gasteiger partial charge in [0.2, 0.25) is 0 Å². The van der Waals surface area contributed by atoms with Gasteiger partial charge in [0.25, 0.3) is 0 Å². The lowest BCUT2D eigenvalue weighted by Gasteiger charge is -2.13. The zero-order chi connectivity index (χ0) is 12.8. The molecule has 0 bridgehead atoms. The van der Waals surface area contributed by atoms with E-state index in [4.69, 9.17) is 34.8 Å². The van der Waals surface area contributed by atoms with Crippen molar-refractivity contribution < 1.29 is 0 Å². The van der Waals surface area contributed by atoms with Crippen LogP contribution in [0.1, 0.15) is 12.5 Å². The van der Waals surface area contributed by atoms with Crippen LogP contribution in [0.4, 0.5) is 0 Å². The van der Waals surface area contributed by atoms with Crippen LogP contribution in [0.3, 0.4) is 0 Å². The van der Waals surface area contributed by atoms with Gasteiger partial charge in [-0.1, -0.05) is 41.7 Å². The first-order valence-corrected chi connectivity index (χ1v) is 7.91. The molecule has 1 aromatic rings. The maximum atomic E-state index is 6.11. The standard InChI is InChI=1S/C12H16Cl3NS/c1-8(7-17-2)5-16-6-9-10(13)3-4-11(14)12(9)15/h3-4,8,16H,5-7H2,1-2H3. The lowest BCUT2D eigenvalue weighted by Crippen LogP contribution is -2.22. The molecule has 0 aliphatic heterocycles. The molecular weight excluding hydrogens is 297 g/mol. The summed E-state index contributed by atoms with van der Waals surface area (Å²) in [6.45, 7) is 3.81. The van der Waals surface area contributed by atoms with Gasteiger partial charge < -0.3 is 5.32 Å². The van der Waals surface area contributed by atoms with E-state index in [9.17, 15) is 0 Å². The second-order valence-corrected chi connectivity index (χ2v) is 6.12. The lowest BCUT2D eigenvalue weighted by molar-refractivity contribution is 0.559. The molecule has 1 N–H and O–H groups in total. The molecule has 0 fully saturated rings. The Kier molecular flexibility index (Phi) is 7.05. The SMILES string of the molecule is CSCC(C)CNCc1c(Cl)ccc(Cl)c1Cl. The van der Waals surface area contributed by atoms with Crippen molar-refractivity contribution in [2.24, 2.45) is 5.92 Å². The van der Waals surface area contributed by atoms with Gasteiger partial charge in [-0.3, -0.25) is 0 Å². The maximum absolute atomic E-state index is 6.11. The largest absolute Gasteiger partial charge is 0.312 e. The molecule has 0 saturated carbocycles. The van der Waals surface area contributed by atoms with E-state index < -0.39 is 0 Å². The molecule has 17 heavy (non-hydrogen) atoms. The predicted molar refractivity (Wildman–Crippen MR) is 80.7 cm³/mol. The van der Waals surface area contributed by atoms with Crippen molar-refractivity contribution in [1.82, 2.24) is 5.32 Å². The summed E-state index contributed by atoms with van der Waals surface area (Å²) in [6.07, 6.45) is 2.11. The highest BCUT2D eigenvalue weighted by Crippen LogP contribution is 2.31. The zero-order valence-electron chi connectivity index (χ0n) is 9.90. The highest BCUT2D eigenvalue weighted by Gasteiger charge is 2.09. The van der Waals surface area contributed by atoms with E-state index in [1.165, 1.54) is 0 Å². The van der Waals surface area contributed by atoms with E-state index in [2.05, 4.69) is 18.5 Å². The van der Waals surface area contributed by atoms with Crippen molar-refractivity contribution in [3.63, 3.8) is 0 Å². The second kappa shape index (κ2) is 7.75. The third-order valence-corrected chi connectivity index (χ3v) is 4.48. The smallest absolute Gasteiger partial charge is 0.0652 e. The number of thioether (sulfide) groups is 1. The summed E-state index contributed by atoms with van der Waals surface area (Å²) in [5.74, 6) is 1.77. The van der Waals surface area contributed by atoms with E-state index in [-0.39, 0.29) is 0 Å². The average Bonchev–Trinajstić information content (AvgIpc) is 2.29. The topological polar surface area (TPSA) is 12.0 Å². The summed E-state index contributed by atoms with van der Waals surface area (Å²) in [5, 5.41) is 5.10. The average molecular weight is 313 g/mol. The van der Waals surface area contributed by atoms with E-state index in [0.717, 1.165) is 17.9 Å². The summed E-state index contributed by atoms with van der Waals surface area (Å²) >= 11 is 20.0. The van der Waals surface area contributed by atoms with Gasteiger partial charge in [0.05, 0.1) is 10.0 Å². The number of nitrogens with one attached hydrogen (secondary N) is 1. The van der Waals surface area contributed by atoms with Gasteiger partial charge in [-0.2, -0.15) is 11.8 Å². The predicted octanol–water partition coefficient (Wildman–Crippen LogP) is 4.74. The van der Waals surface area contributed by atoms with Crippen molar-refractivity contribution in [2.75, 3.05) is 18.6 Å². The molecule has 1 nitrogen and oxygen atoms in total. The summed E-state index contributed by atoms with van der Waals surface area (Å²) in [7, 11) is 0. The van der Waals surface area contributed by atoms with Crippen molar-refractivity contribution in [3.05, 3.63) is 32.8 Å². The molecule has 0 aliphatic carbocycles. The van der Waals surface area contributed by atoms with E-state index in [1.54, 1.807) is 12.1 Å². The Bertz CT molecular complexity index is 371. The van der Waals surface area contributed by atoms with Crippen LogP contribution < -0.4 is 5.32 Å². The van der Waals surface area contributed by atoms with Crippen LogP contribution in [0.2, 0.25) is 15.1 Å². The third-order valence-electron chi connectivity index (χ3n) is 2.38. The zero-order valence-corrected chi connectivity index (χ0v) is 13.0. The number of rotatable bonds is 6. The molecule has 0 heterocycles. The Hall–Kier alpha value is 0.400. The number of hydrogen-bond acceptors (Lipinski definition) is 2. The van der Waals surface area contributed by atoms with Crippen LogP contribution in [-0.4, -0.2) is 18.6 Å². The Labute approximate surface area is 122 Å². The molecule has 1 atom stereocenters. The molecule has 1 unspecified atom stereocenters. The highest BCUT2D eigenvalue weighted by atomic mass is 35.5. The van der Waals surface area contributed by atoms with Crippen LogP contribution in [0.25, 0.3) is 0 Å². The fraction of sp³-hybridized carbons (Fsp3) is 0.500. The van der Waals surface area contributed by atoms with E-state index in [1.807, 2.05) is 11.8 Å². The van der Waals surface area contributed by atoms with Gasteiger partial charge in [0, 0.05) is 17.1 Å². The number of hydrogen-bond donors (Lipinski definition) is 1. The van der Waals surface area contributed by atoms with Crippen LogP contribution >= 0.6 is 46.6 Å². The minimum Gasteiger partial charge on any atom is -0.312 e. The summed E-state index contributed by atoms with van der Waals surface area (Å²) < 4.78 is 0. The molecule has 0 spiro atoms. The molecule has 5 heteroatoms. The monoisotopic (exact) mass is 311 g/mol. The molecule has 0 aliphatic rings. The first kappa shape index (κ1) is 15.5. The van der Waals surface area contributed by atoms with Crippen molar-refractivity contribution in [1.29, 1.82) is 0 Å². The summed E-state index contributed by atoms with van der Waals surface area (Å²) in [6, 6.07) is 3.49. The van der Waals surface area contributed by atoms with Crippen LogP contribution in [0, 0.1) is 5.92 Å². The highest BCUT2D eigenvalue weighted by molar-refractivity contribution is 7.98. The molecular formula is C12H16Cl3NS. The fourth-order valence-corrected chi connectivity index (χ4v) is 2.89. The minimum absolute atomic E-state index is 0.546. The van der Waals surface area contributed by atoms with Gasteiger partial charge in [0.15, 0.2) is 0 Å². The van der Waals surface area contributed by atoms with Crippen molar-refractivity contribution >= 4 is 46.6 Å². The number of halogens is 3. The van der Waals surface area contributed by atoms with Crippen LogP contribution in [0.15, 0.2) is 12.1 Å². The maximum Gasteiger partial charge on any atom is 0.0652 e. The fourth-order valence-electron chi connectivity index (χ4n) is 1.52. The first-order chi connectivity index (χ1) is 8.06. The molecule has 0 amide bonds. The summed E-state index contributed by atoms with van der Waals surface area (Å²) in [4.78, 5) is 0. The van der Waals surface area contributed by atoms with Crippen LogP contribution in [0.5, 0.6) is 0 Å². The molecule has 0 radical (unpaired) electrons. The van der Waals surface area contributed by atoms with Gasteiger partial charge in [-0.15, -0.1) is 0 Å². The van der Waals surface area contributed by atoms with Gasteiger partial charge in [-0.25, -0.2) is 0 Å². The molecule has 96 valence electrons. The Morgan fingerprint density at radius 2 is 1.88 bits per heavy atom. The Balaban J connectivity index is 2.55. The van der Waals surface area contributed by atoms with E-state index >= 15 is 0 Å². The molecule has 1 aromatic carbocycles. The van der Waals surface area contributed by atoms with Crippen molar-refractivity contribution in [2.45, 2.75) is 13.5 Å². The number of benzene rings is 1. The second-order valence-electron chi connectivity index (χ2n) is 4.01. The van der Waals surface area contributed by atoms with Gasteiger partial charge in [-0.05, 0) is 36.6 Å². The van der Waals surface area contributed by atoms with Gasteiger partial charge in [0.1, 0.15) is 0 Å². The third kappa shape index (κ3) is 4.88. The molecule has 1 rings (SSSR count). The Morgan fingerprint density at radius 1 is 1.24 bits per heavy atom. The summed E-state index contributed by atoms with van der Waals surface area (Å²) in [5.41, 5.74) is 0.872. The minimum atomic E-state index is 0.546. The van der Waals surface area contributed by atoms with E-state index in [0.29, 0.717) is 27.5 Å². The first-order valence-electron chi connectivity index (χ1n) is 5.38. The Morgan fingerprint density at radius 3 is 2.53 bits per heavy atom. The van der Waals surface area contributed by atoms with Crippen molar-refractivity contribution in [3.8, 4) is 0 Å². The van der Waals surface area contributed by atoms with Gasteiger partial charge >= 0.3 is 0 Å². The molecule has 0 saturated heterocycles. The quantitative estimate of drug-likeness (QED) is 0.762. The molecule has 0 aromatic heterocycles.